The lowest BCUT2D eigenvalue weighted by atomic mass is 9.98. The normalized spacial score (nSPS) is 16.3. The van der Waals surface area contributed by atoms with E-state index in [0.717, 1.165) is 16.9 Å². The Kier molecular flexibility index (Phi) is 6.40. The van der Waals surface area contributed by atoms with Crippen LogP contribution in [0.3, 0.4) is 0 Å². The summed E-state index contributed by atoms with van der Waals surface area (Å²) in [6.07, 6.45) is 2.28. The molecule has 0 bridgehead atoms. The van der Waals surface area contributed by atoms with Gasteiger partial charge in [0.2, 0.25) is 0 Å². The number of hydrogen-bond acceptors (Lipinski definition) is 4. The fourth-order valence-electron chi connectivity index (χ4n) is 3.46. The zero-order valence-electron chi connectivity index (χ0n) is 17.9. The van der Waals surface area contributed by atoms with Crippen molar-refractivity contribution in [3.05, 3.63) is 81.5 Å². The van der Waals surface area contributed by atoms with E-state index in [4.69, 9.17) is 27.6 Å². The van der Waals surface area contributed by atoms with Gasteiger partial charge in [0.25, 0.3) is 11.8 Å². The molecule has 168 valence electrons. The molecule has 1 fully saturated rings. The number of nitrogens with zero attached hydrogens (tertiary/aromatic N) is 1. The molecule has 1 unspecified atom stereocenters. The van der Waals surface area contributed by atoms with Crippen LogP contribution in [0.2, 0.25) is 10.0 Å². The highest BCUT2D eigenvalue weighted by atomic mass is 35.5. The zero-order chi connectivity index (χ0) is 23.7. The van der Waals surface area contributed by atoms with Crippen LogP contribution in [0, 0.1) is 0 Å². The van der Waals surface area contributed by atoms with Gasteiger partial charge in [0.15, 0.2) is 0 Å². The lowest BCUT2D eigenvalue weighted by Crippen LogP contribution is -2.54. The van der Waals surface area contributed by atoms with Gasteiger partial charge in [-0.25, -0.2) is 9.69 Å². The molecular formula is C25H20Cl2N2O4. The summed E-state index contributed by atoms with van der Waals surface area (Å²) in [5, 5.41) is 3.01. The Hall–Kier alpha value is -3.35. The molecular weight excluding hydrogens is 463 g/mol. The molecule has 0 spiro atoms. The number of rotatable bonds is 5. The van der Waals surface area contributed by atoms with Crippen molar-refractivity contribution in [2.24, 2.45) is 0 Å². The first-order valence-electron chi connectivity index (χ1n) is 10.3. The van der Waals surface area contributed by atoms with Crippen molar-refractivity contribution in [1.82, 2.24) is 5.32 Å². The number of imide groups is 2. The Morgan fingerprint density at radius 1 is 1.00 bits per heavy atom. The standard InChI is InChI=1S/C25H20Cl2N2O4/c1-3-14(2)15-4-7-17(8-5-15)29-24(31)19(23(30)28-25(29)32)13-18-9-11-22(33-18)16-6-10-20(26)21(27)12-16/h4-14H,3H2,1-2H3,(H,28,30,32)/b19-13-. The van der Waals surface area contributed by atoms with Crippen molar-refractivity contribution < 1.29 is 18.8 Å². The summed E-state index contributed by atoms with van der Waals surface area (Å²) in [5.74, 6) is -0.406. The number of hydrogen-bond donors (Lipinski definition) is 1. The van der Waals surface area contributed by atoms with Crippen molar-refractivity contribution in [1.29, 1.82) is 0 Å². The molecule has 33 heavy (non-hydrogen) atoms. The van der Waals surface area contributed by atoms with Crippen LogP contribution in [0.25, 0.3) is 17.4 Å². The Morgan fingerprint density at radius 2 is 1.73 bits per heavy atom. The Labute approximate surface area is 200 Å². The Morgan fingerprint density at radius 3 is 2.39 bits per heavy atom. The third-order valence-electron chi connectivity index (χ3n) is 5.55. The quantitative estimate of drug-likeness (QED) is 0.335. The second-order valence-electron chi connectivity index (χ2n) is 7.69. The lowest BCUT2D eigenvalue weighted by Gasteiger charge is -2.26. The zero-order valence-corrected chi connectivity index (χ0v) is 19.4. The van der Waals surface area contributed by atoms with E-state index in [9.17, 15) is 14.4 Å². The highest BCUT2D eigenvalue weighted by molar-refractivity contribution is 6.42. The minimum Gasteiger partial charge on any atom is -0.457 e. The van der Waals surface area contributed by atoms with Crippen LogP contribution < -0.4 is 10.2 Å². The van der Waals surface area contributed by atoms with Gasteiger partial charge < -0.3 is 4.42 Å². The first kappa shape index (κ1) is 22.8. The lowest BCUT2D eigenvalue weighted by molar-refractivity contribution is -0.122. The van der Waals surface area contributed by atoms with E-state index in [-0.39, 0.29) is 11.3 Å². The van der Waals surface area contributed by atoms with Gasteiger partial charge in [-0.1, -0.05) is 49.2 Å². The molecule has 1 N–H and O–H groups in total. The SMILES string of the molecule is CCC(C)c1ccc(N2C(=O)NC(=O)/C(=C/c3ccc(-c4ccc(Cl)c(Cl)c4)o3)C2=O)cc1. The number of anilines is 1. The summed E-state index contributed by atoms with van der Waals surface area (Å²) in [4.78, 5) is 38.9. The molecule has 2 heterocycles. The van der Waals surface area contributed by atoms with Crippen molar-refractivity contribution in [2.75, 3.05) is 4.90 Å². The van der Waals surface area contributed by atoms with Gasteiger partial charge in [0.1, 0.15) is 17.1 Å². The first-order chi connectivity index (χ1) is 15.8. The number of amides is 4. The molecule has 1 aliphatic heterocycles. The van der Waals surface area contributed by atoms with Crippen molar-refractivity contribution in [2.45, 2.75) is 26.2 Å². The van der Waals surface area contributed by atoms with E-state index >= 15 is 0 Å². The highest BCUT2D eigenvalue weighted by Gasteiger charge is 2.37. The van der Waals surface area contributed by atoms with Gasteiger partial charge in [-0.15, -0.1) is 0 Å². The molecule has 0 saturated carbocycles. The number of benzene rings is 2. The van der Waals surface area contributed by atoms with E-state index in [1.54, 1.807) is 42.5 Å². The third-order valence-corrected chi connectivity index (χ3v) is 6.29. The van der Waals surface area contributed by atoms with Crippen LogP contribution in [0.15, 0.2) is 64.6 Å². The van der Waals surface area contributed by atoms with Gasteiger partial charge in [0.05, 0.1) is 15.7 Å². The third kappa shape index (κ3) is 4.58. The second kappa shape index (κ2) is 9.25. The molecule has 6 nitrogen and oxygen atoms in total. The average molecular weight is 483 g/mol. The van der Waals surface area contributed by atoms with Crippen LogP contribution in [0.5, 0.6) is 0 Å². The van der Waals surface area contributed by atoms with Crippen LogP contribution in [0.1, 0.15) is 37.5 Å². The van der Waals surface area contributed by atoms with Crippen molar-refractivity contribution >= 4 is 52.8 Å². The van der Waals surface area contributed by atoms with Crippen LogP contribution in [-0.2, 0) is 9.59 Å². The van der Waals surface area contributed by atoms with E-state index in [0.29, 0.717) is 33.0 Å². The highest BCUT2D eigenvalue weighted by Crippen LogP contribution is 2.31. The molecule has 1 aromatic heterocycles. The number of nitrogens with one attached hydrogen (secondary N) is 1. The number of halogens is 2. The van der Waals surface area contributed by atoms with Crippen LogP contribution in [0.4, 0.5) is 10.5 Å². The molecule has 1 saturated heterocycles. The summed E-state index contributed by atoms with van der Waals surface area (Å²) in [7, 11) is 0. The smallest absolute Gasteiger partial charge is 0.335 e. The number of furan rings is 1. The Bertz CT molecular complexity index is 1280. The molecule has 2 aromatic carbocycles. The molecule has 0 aliphatic carbocycles. The predicted octanol–water partition coefficient (Wildman–Crippen LogP) is 6.43. The van der Waals surface area contributed by atoms with Crippen LogP contribution in [-0.4, -0.2) is 17.8 Å². The minimum absolute atomic E-state index is 0.212. The fourth-order valence-corrected chi connectivity index (χ4v) is 3.75. The summed E-state index contributed by atoms with van der Waals surface area (Å²) < 4.78 is 5.77. The summed E-state index contributed by atoms with van der Waals surface area (Å²) in [5.41, 5.74) is 1.95. The van der Waals surface area contributed by atoms with Gasteiger partial charge in [-0.3, -0.25) is 14.9 Å². The number of carbonyl (C=O) groups is 3. The Balaban J connectivity index is 1.63. The molecule has 0 radical (unpaired) electrons. The van der Waals surface area contributed by atoms with Crippen molar-refractivity contribution in [3.63, 3.8) is 0 Å². The maximum atomic E-state index is 13.1. The number of urea groups is 1. The van der Waals surface area contributed by atoms with Gasteiger partial charge in [0, 0.05) is 5.56 Å². The van der Waals surface area contributed by atoms with E-state index in [1.165, 1.54) is 6.08 Å². The number of barbiturate groups is 1. The molecule has 1 aliphatic rings. The summed E-state index contributed by atoms with van der Waals surface area (Å²) in [6, 6.07) is 14.7. The average Bonchev–Trinajstić information content (AvgIpc) is 3.27. The fraction of sp³-hybridized carbons (Fsp3) is 0.160. The predicted molar refractivity (Wildman–Crippen MR) is 128 cm³/mol. The van der Waals surface area contributed by atoms with E-state index in [1.807, 2.05) is 12.1 Å². The largest absolute Gasteiger partial charge is 0.457 e. The molecule has 8 heteroatoms. The molecule has 4 amide bonds. The molecule has 4 rings (SSSR count). The monoisotopic (exact) mass is 482 g/mol. The van der Waals surface area contributed by atoms with Crippen LogP contribution >= 0.6 is 23.2 Å². The summed E-state index contributed by atoms with van der Waals surface area (Å²) >= 11 is 12.0. The summed E-state index contributed by atoms with van der Waals surface area (Å²) in [6.45, 7) is 4.19. The van der Waals surface area contributed by atoms with Gasteiger partial charge in [-0.05, 0) is 66.4 Å². The van der Waals surface area contributed by atoms with E-state index in [2.05, 4.69) is 19.2 Å². The van der Waals surface area contributed by atoms with Crippen molar-refractivity contribution in [3.8, 4) is 11.3 Å². The molecule has 3 aromatic rings. The maximum absolute atomic E-state index is 13.1. The van der Waals surface area contributed by atoms with Gasteiger partial charge >= 0.3 is 6.03 Å². The van der Waals surface area contributed by atoms with E-state index < -0.39 is 17.8 Å². The first-order valence-corrected chi connectivity index (χ1v) is 11.1. The molecule has 1 atom stereocenters. The topological polar surface area (TPSA) is 79.6 Å². The van der Waals surface area contributed by atoms with Gasteiger partial charge in [-0.2, -0.15) is 0 Å². The second-order valence-corrected chi connectivity index (χ2v) is 8.50. The minimum atomic E-state index is -0.797. The number of carbonyl (C=O) groups excluding carboxylic acids is 3. The maximum Gasteiger partial charge on any atom is 0.335 e.